The second kappa shape index (κ2) is 5.49. The number of hydrogen-bond donors (Lipinski definition) is 0. The lowest BCUT2D eigenvalue weighted by Gasteiger charge is -2.01. The minimum Gasteiger partial charge on any atom is -0.206 e. The second-order valence-electron chi connectivity index (χ2n) is 3.43. The van der Waals surface area contributed by atoms with Crippen molar-refractivity contribution in [3.8, 4) is 0 Å². The van der Waals surface area contributed by atoms with Crippen molar-refractivity contribution in [2.24, 2.45) is 5.10 Å². The van der Waals surface area contributed by atoms with E-state index in [1.807, 2.05) is 6.26 Å². The van der Waals surface area contributed by atoms with Crippen LogP contribution in [0.15, 0.2) is 28.5 Å². The highest BCUT2D eigenvalue weighted by atomic mass is 35.5. The summed E-state index contributed by atoms with van der Waals surface area (Å²) in [7, 11) is 0. The summed E-state index contributed by atoms with van der Waals surface area (Å²) in [5, 5.41) is 12.9. The summed E-state index contributed by atoms with van der Waals surface area (Å²) >= 11 is 7.31. The molecule has 1 aromatic heterocycles. The Hall–Kier alpha value is -1.40. The van der Waals surface area contributed by atoms with E-state index in [0.717, 1.165) is 0 Å². The SMILES string of the molecule is CSc1nnc(C)n1/N=C\c1c(F)cccc1Cl. The molecule has 2 rings (SSSR count). The average molecular weight is 285 g/mol. The molecule has 7 heteroatoms. The topological polar surface area (TPSA) is 43.1 Å². The van der Waals surface area contributed by atoms with Crippen LogP contribution >= 0.6 is 23.4 Å². The number of rotatable bonds is 3. The van der Waals surface area contributed by atoms with Gasteiger partial charge in [0, 0.05) is 5.56 Å². The van der Waals surface area contributed by atoms with Crippen LogP contribution in [-0.4, -0.2) is 27.3 Å². The Morgan fingerprint density at radius 3 is 2.89 bits per heavy atom. The van der Waals surface area contributed by atoms with Crippen molar-refractivity contribution in [1.82, 2.24) is 14.9 Å². The summed E-state index contributed by atoms with van der Waals surface area (Å²) in [6, 6.07) is 4.49. The molecule has 18 heavy (non-hydrogen) atoms. The van der Waals surface area contributed by atoms with E-state index in [1.165, 1.54) is 28.7 Å². The molecule has 0 atom stereocenters. The van der Waals surface area contributed by atoms with Crippen LogP contribution in [0.3, 0.4) is 0 Å². The Morgan fingerprint density at radius 2 is 2.22 bits per heavy atom. The van der Waals surface area contributed by atoms with Crippen LogP contribution in [-0.2, 0) is 0 Å². The monoisotopic (exact) mass is 284 g/mol. The quantitative estimate of drug-likeness (QED) is 0.643. The zero-order valence-corrected chi connectivity index (χ0v) is 11.3. The number of thioether (sulfide) groups is 1. The average Bonchev–Trinajstić information content (AvgIpc) is 2.70. The molecule has 0 aliphatic rings. The maximum Gasteiger partial charge on any atom is 0.211 e. The Morgan fingerprint density at radius 1 is 1.44 bits per heavy atom. The molecule has 4 nitrogen and oxygen atoms in total. The molecule has 0 spiro atoms. The lowest BCUT2D eigenvalue weighted by atomic mass is 10.2. The second-order valence-corrected chi connectivity index (χ2v) is 4.61. The molecule has 0 bridgehead atoms. The fraction of sp³-hybridized carbons (Fsp3) is 0.182. The number of nitrogens with zero attached hydrogens (tertiary/aromatic N) is 4. The Labute approximate surface area is 113 Å². The third kappa shape index (κ3) is 2.54. The first-order valence-corrected chi connectivity index (χ1v) is 6.68. The van der Waals surface area contributed by atoms with Gasteiger partial charge in [0.15, 0.2) is 5.82 Å². The highest BCUT2D eigenvalue weighted by Gasteiger charge is 2.07. The summed E-state index contributed by atoms with van der Waals surface area (Å²) in [4.78, 5) is 0. The fourth-order valence-corrected chi connectivity index (χ4v) is 2.03. The van der Waals surface area contributed by atoms with Gasteiger partial charge in [-0.15, -0.1) is 10.2 Å². The van der Waals surface area contributed by atoms with E-state index in [-0.39, 0.29) is 5.56 Å². The number of halogens is 2. The summed E-state index contributed by atoms with van der Waals surface area (Å²) < 4.78 is 15.1. The van der Waals surface area contributed by atoms with E-state index in [9.17, 15) is 4.39 Å². The van der Waals surface area contributed by atoms with Crippen molar-refractivity contribution >= 4 is 29.6 Å². The normalized spacial score (nSPS) is 11.3. The lowest BCUT2D eigenvalue weighted by Crippen LogP contribution is -1.97. The summed E-state index contributed by atoms with van der Waals surface area (Å²) in [6.07, 6.45) is 3.24. The van der Waals surface area contributed by atoms with E-state index < -0.39 is 5.82 Å². The molecular formula is C11H10ClFN4S. The molecule has 0 radical (unpaired) electrons. The zero-order chi connectivity index (χ0) is 13.1. The number of benzene rings is 1. The van der Waals surface area contributed by atoms with Crippen LogP contribution in [0.4, 0.5) is 4.39 Å². The first-order valence-electron chi connectivity index (χ1n) is 5.08. The van der Waals surface area contributed by atoms with Gasteiger partial charge in [0.1, 0.15) is 5.82 Å². The molecule has 0 saturated carbocycles. The van der Waals surface area contributed by atoms with E-state index in [1.54, 1.807) is 19.1 Å². The third-order valence-electron chi connectivity index (χ3n) is 2.25. The standard InChI is InChI=1S/C11H10ClFN4S/c1-7-15-16-11(18-2)17(7)14-6-8-9(12)4-3-5-10(8)13/h3-6H,1-2H3/b14-6-. The molecule has 94 valence electrons. The molecule has 1 heterocycles. The van der Waals surface area contributed by atoms with Crippen LogP contribution in [0.5, 0.6) is 0 Å². The first-order chi connectivity index (χ1) is 8.63. The van der Waals surface area contributed by atoms with Crippen LogP contribution in [0.2, 0.25) is 5.02 Å². The minimum absolute atomic E-state index is 0.249. The van der Waals surface area contributed by atoms with Crippen LogP contribution in [0, 0.1) is 12.7 Å². The van der Waals surface area contributed by atoms with Gasteiger partial charge in [-0.2, -0.15) is 9.78 Å². The molecule has 2 aromatic rings. The first kappa shape index (κ1) is 13.0. The fourth-order valence-electron chi connectivity index (χ4n) is 1.35. The molecule has 0 unspecified atom stereocenters. The van der Waals surface area contributed by atoms with Gasteiger partial charge >= 0.3 is 0 Å². The van der Waals surface area contributed by atoms with Gasteiger partial charge in [-0.05, 0) is 25.3 Å². The predicted octanol–water partition coefficient (Wildman–Crippen LogP) is 2.98. The Bertz CT molecular complexity index is 576. The molecule has 0 saturated heterocycles. The van der Waals surface area contributed by atoms with Crippen molar-refractivity contribution in [1.29, 1.82) is 0 Å². The van der Waals surface area contributed by atoms with E-state index in [0.29, 0.717) is 16.0 Å². The summed E-state index contributed by atoms with van der Waals surface area (Å²) in [5.41, 5.74) is 0.249. The van der Waals surface area contributed by atoms with Gasteiger partial charge in [-0.1, -0.05) is 29.4 Å². The van der Waals surface area contributed by atoms with E-state index >= 15 is 0 Å². The summed E-state index contributed by atoms with van der Waals surface area (Å²) in [6.45, 7) is 1.77. The largest absolute Gasteiger partial charge is 0.211 e. The molecule has 0 fully saturated rings. The van der Waals surface area contributed by atoms with Crippen molar-refractivity contribution in [3.63, 3.8) is 0 Å². The van der Waals surface area contributed by atoms with Crippen LogP contribution < -0.4 is 0 Å². The van der Waals surface area contributed by atoms with Gasteiger partial charge in [0.05, 0.1) is 11.2 Å². The lowest BCUT2D eigenvalue weighted by molar-refractivity contribution is 0.625. The molecule has 0 aliphatic carbocycles. The smallest absolute Gasteiger partial charge is 0.206 e. The zero-order valence-electron chi connectivity index (χ0n) is 9.76. The maximum atomic E-state index is 13.5. The van der Waals surface area contributed by atoms with Crippen LogP contribution in [0.25, 0.3) is 0 Å². The van der Waals surface area contributed by atoms with Crippen molar-refractivity contribution in [3.05, 3.63) is 40.4 Å². The third-order valence-corrected chi connectivity index (χ3v) is 3.20. The van der Waals surface area contributed by atoms with E-state index in [4.69, 9.17) is 11.6 Å². The molecule has 0 N–H and O–H groups in total. The molecular weight excluding hydrogens is 275 g/mol. The maximum absolute atomic E-state index is 13.5. The number of aryl methyl sites for hydroxylation is 1. The van der Waals surface area contributed by atoms with Gasteiger partial charge in [0.25, 0.3) is 0 Å². The van der Waals surface area contributed by atoms with Gasteiger partial charge < -0.3 is 0 Å². The number of aromatic nitrogens is 3. The molecule has 0 aliphatic heterocycles. The van der Waals surface area contributed by atoms with Crippen LogP contribution in [0.1, 0.15) is 11.4 Å². The van der Waals surface area contributed by atoms with Crippen molar-refractivity contribution < 1.29 is 4.39 Å². The highest BCUT2D eigenvalue weighted by molar-refractivity contribution is 7.98. The summed E-state index contributed by atoms with van der Waals surface area (Å²) in [5.74, 6) is 0.214. The van der Waals surface area contributed by atoms with E-state index in [2.05, 4.69) is 15.3 Å². The van der Waals surface area contributed by atoms with Crippen molar-refractivity contribution in [2.75, 3.05) is 6.26 Å². The predicted molar refractivity (Wildman–Crippen MR) is 70.9 cm³/mol. The number of hydrogen-bond acceptors (Lipinski definition) is 4. The highest BCUT2D eigenvalue weighted by Crippen LogP contribution is 2.18. The van der Waals surface area contributed by atoms with Gasteiger partial charge in [0.2, 0.25) is 5.16 Å². The Balaban J connectivity index is 2.39. The Kier molecular flexibility index (Phi) is 3.98. The van der Waals surface area contributed by atoms with Gasteiger partial charge in [-0.3, -0.25) is 0 Å². The molecule has 1 aromatic carbocycles. The van der Waals surface area contributed by atoms with Crippen molar-refractivity contribution in [2.45, 2.75) is 12.1 Å². The molecule has 0 amide bonds. The van der Waals surface area contributed by atoms with Gasteiger partial charge in [-0.25, -0.2) is 4.39 Å². The minimum atomic E-state index is -0.414.